The summed E-state index contributed by atoms with van der Waals surface area (Å²) in [5.74, 6) is -1.41. The van der Waals surface area contributed by atoms with Crippen LogP contribution in [-0.2, 0) is 27.3 Å². The lowest BCUT2D eigenvalue weighted by Crippen LogP contribution is -2.53. The maximum Gasteiger partial charge on any atom is 0.491 e. The summed E-state index contributed by atoms with van der Waals surface area (Å²) in [5.41, 5.74) is 3.19. The van der Waals surface area contributed by atoms with Crippen molar-refractivity contribution in [3.63, 3.8) is 0 Å². The number of amides is 3. The summed E-state index contributed by atoms with van der Waals surface area (Å²) >= 11 is 0. The highest BCUT2D eigenvalue weighted by molar-refractivity contribution is 6.62. The van der Waals surface area contributed by atoms with Crippen molar-refractivity contribution < 1.29 is 33.7 Å². The Labute approximate surface area is 197 Å². The Morgan fingerprint density at radius 2 is 1.47 bits per heavy atom. The third kappa shape index (κ3) is 5.15. The molecule has 0 unspecified atom stereocenters. The molecule has 176 valence electrons. The first-order valence-corrected chi connectivity index (χ1v) is 11.1. The number of carbonyl (C=O) groups is 3. The normalized spacial score (nSPS) is 14.9. The summed E-state index contributed by atoms with van der Waals surface area (Å²) < 4.78 is 10.3. The third-order valence-corrected chi connectivity index (χ3v) is 5.78. The molecule has 2 aromatic rings. The molecule has 3 amide bonds. The number of fused-ring (bicyclic) bond motifs is 2. The molecular weight excluding hydrogens is 440 g/mol. The average molecular weight is 465 g/mol. The van der Waals surface area contributed by atoms with Crippen LogP contribution in [0.5, 0.6) is 0 Å². The molecule has 2 aliphatic rings. The molecule has 0 aromatic heterocycles. The number of nitrogens with one attached hydrogen (secondary N) is 3. The molecule has 2 aromatic carbocycles. The molecule has 5 N–H and O–H groups in total. The Morgan fingerprint density at radius 1 is 0.912 bits per heavy atom. The summed E-state index contributed by atoms with van der Waals surface area (Å²) in [6.45, 7) is 2.71. The fourth-order valence-corrected chi connectivity index (χ4v) is 3.83. The van der Waals surface area contributed by atoms with E-state index < -0.39 is 38.0 Å². The van der Waals surface area contributed by atoms with Gasteiger partial charge in [-0.3, -0.25) is 14.4 Å². The zero-order valence-corrected chi connectivity index (χ0v) is 18.7. The predicted octanol–water partition coefficient (Wildman–Crippen LogP) is -1.82. The Balaban J connectivity index is 1.44. The van der Waals surface area contributed by atoms with Crippen molar-refractivity contribution in [3.8, 4) is 0 Å². The van der Waals surface area contributed by atoms with Crippen molar-refractivity contribution in [2.24, 2.45) is 0 Å². The Morgan fingerprint density at radius 3 is 2.03 bits per heavy atom. The average Bonchev–Trinajstić information content (AvgIpc) is 3.41. The zero-order valence-electron chi connectivity index (χ0n) is 18.7. The molecule has 0 saturated heterocycles. The number of rotatable bonds is 8. The molecule has 12 heteroatoms. The molecule has 1 atom stereocenters. The monoisotopic (exact) mass is 465 g/mol. The van der Waals surface area contributed by atoms with Gasteiger partial charge in [-0.25, -0.2) is 0 Å². The van der Waals surface area contributed by atoms with Gasteiger partial charge in [0.1, 0.15) is 6.04 Å². The van der Waals surface area contributed by atoms with Crippen LogP contribution >= 0.6 is 0 Å². The first-order valence-electron chi connectivity index (χ1n) is 11.1. The van der Waals surface area contributed by atoms with Gasteiger partial charge >= 0.3 is 14.2 Å². The lowest BCUT2D eigenvalue weighted by Gasteiger charge is -2.19. The van der Waals surface area contributed by atoms with Gasteiger partial charge in [-0.2, -0.15) is 0 Å². The van der Waals surface area contributed by atoms with Crippen LogP contribution < -0.4 is 26.9 Å². The van der Waals surface area contributed by atoms with E-state index in [0.717, 1.165) is 11.1 Å². The second kappa shape index (κ2) is 10.4. The fourth-order valence-electron chi connectivity index (χ4n) is 3.83. The summed E-state index contributed by atoms with van der Waals surface area (Å²) in [4.78, 5) is 38.2. The molecule has 0 bridgehead atoms. The molecule has 4 rings (SSSR count). The summed E-state index contributed by atoms with van der Waals surface area (Å²) in [5, 5.41) is 27.8. The predicted molar refractivity (Wildman–Crippen MR) is 125 cm³/mol. The van der Waals surface area contributed by atoms with Crippen molar-refractivity contribution in [1.29, 1.82) is 0 Å². The van der Waals surface area contributed by atoms with Gasteiger partial charge in [-0.15, -0.1) is 0 Å². The first-order chi connectivity index (χ1) is 16.4. The van der Waals surface area contributed by atoms with Gasteiger partial charge in [-0.1, -0.05) is 19.1 Å². The van der Waals surface area contributed by atoms with Crippen LogP contribution in [0.1, 0.15) is 45.2 Å². The zero-order chi connectivity index (χ0) is 24.2. The second-order valence-electron chi connectivity index (χ2n) is 8.18. The van der Waals surface area contributed by atoms with Crippen LogP contribution in [0.4, 0.5) is 0 Å². The van der Waals surface area contributed by atoms with Crippen LogP contribution in [-0.4, -0.2) is 61.1 Å². The van der Waals surface area contributed by atoms with E-state index in [1.807, 2.05) is 6.92 Å². The molecule has 0 fully saturated rings. The fraction of sp³-hybridized carbons (Fsp3) is 0.318. The highest BCUT2D eigenvalue weighted by Crippen LogP contribution is 2.13. The van der Waals surface area contributed by atoms with Gasteiger partial charge in [0.2, 0.25) is 5.91 Å². The maximum absolute atomic E-state index is 12.9. The van der Waals surface area contributed by atoms with Gasteiger partial charge < -0.3 is 35.3 Å². The van der Waals surface area contributed by atoms with E-state index in [4.69, 9.17) is 9.31 Å². The van der Waals surface area contributed by atoms with Gasteiger partial charge in [0, 0.05) is 24.2 Å². The molecule has 0 spiro atoms. The van der Waals surface area contributed by atoms with Crippen molar-refractivity contribution >= 4 is 42.9 Å². The standard InChI is InChI=1S/C22H25B2N3O7/c1-2-7-25-22(30)19(27-21(29)14-4-6-16-12-34-24(32)18(16)9-14)10-26-20(28)13-3-5-15-11-33-23(31)17(15)8-13/h3-6,8-9,19,31-32H,2,7,10-12H2,1H3,(H,25,30)(H,26,28)(H,27,29)/t19-/m1/s1. The quantitative estimate of drug-likeness (QED) is 0.289. The minimum absolute atomic E-state index is 0.146. The smallest absolute Gasteiger partial charge is 0.423 e. The molecular formula is C22H25B2N3O7. The van der Waals surface area contributed by atoms with Crippen molar-refractivity contribution in [3.05, 3.63) is 58.7 Å². The lowest BCUT2D eigenvalue weighted by molar-refractivity contribution is -0.122. The van der Waals surface area contributed by atoms with E-state index in [2.05, 4.69) is 16.0 Å². The van der Waals surface area contributed by atoms with E-state index in [1.165, 1.54) is 6.07 Å². The van der Waals surface area contributed by atoms with Crippen LogP contribution in [0.2, 0.25) is 0 Å². The largest absolute Gasteiger partial charge is 0.491 e. The van der Waals surface area contributed by atoms with Crippen molar-refractivity contribution in [1.82, 2.24) is 16.0 Å². The molecule has 0 aliphatic carbocycles. The van der Waals surface area contributed by atoms with Gasteiger partial charge in [0.15, 0.2) is 0 Å². The Bertz CT molecular complexity index is 1110. The molecule has 0 saturated carbocycles. The first kappa shape index (κ1) is 24.0. The van der Waals surface area contributed by atoms with Crippen LogP contribution in [0.3, 0.4) is 0 Å². The Hall–Kier alpha value is -3.18. The molecule has 10 nitrogen and oxygen atoms in total. The van der Waals surface area contributed by atoms with E-state index in [0.29, 0.717) is 29.5 Å². The SMILES string of the molecule is CCCNC(=O)[C@@H](CNC(=O)c1ccc2c(c1)B(O)OC2)NC(=O)c1ccc2c(c1)B(O)OC2. The van der Waals surface area contributed by atoms with Crippen molar-refractivity contribution in [2.75, 3.05) is 13.1 Å². The van der Waals surface area contributed by atoms with E-state index >= 15 is 0 Å². The highest BCUT2D eigenvalue weighted by atomic mass is 16.5. The second-order valence-corrected chi connectivity index (χ2v) is 8.18. The molecule has 34 heavy (non-hydrogen) atoms. The van der Waals surface area contributed by atoms with Crippen LogP contribution in [0, 0.1) is 0 Å². The van der Waals surface area contributed by atoms with Gasteiger partial charge in [-0.05, 0) is 52.7 Å². The van der Waals surface area contributed by atoms with Gasteiger partial charge in [0.25, 0.3) is 11.8 Å². The van der Waals surface area contributed by atoms with E-state index in [9.17, 15) is 24.4 Å². The van der Waals surface area contributed by atoms with E-state index in [1.54, 1.807) is 30.3 Å². The molecule has 2 heterocycles. The number of carbonyl (C=O) groups excluding carboxylic acids is 3. The van der Waals surface area contributed by atoms with Crippen LogP contribution in [0.15, 0.2) is 36.4 Å². The third-order valence-electron chi connectivity index (χ3n) is 5.78. The highest BCUT2D eigenvalue weighted by Gasteiger charge is 2.30. The number of hydrogen-bond acceptors (Lipinski definition) is 7. The summed E-state index contributed by atoms with van der Waals surface area (Å²) in [6.07, 6.45) is 0.709. The Kier molecular flexibility index (Phi) is 7.32. The van der Waals surface area contributed by atoms with Crippen molar-refractivity contribution in [2.45, 2.75) is 32.6 Å². The van der Waals surface area contributed by atoms with E-state index in [-0.39, 0.29) is 25.3 Å². The van der Waals surface area contributed by atoms with Gasteiger partial charge in [0.05, 0.1) is 13.2 Å². The minimum Gasteiger partial charge on any atom is -0.423 e. The minimum atomic E-state index is -1.10. The molecule has 0 radical (unpaired) electrons. The number of benzene rings is 2. The maximum atomic E-state index is 12.9. The lowest BCUT2D eigenvalue weighted by atomic mass is 9.78. The summed E-state index contributed by atoms with van der Waals surface area (Å²) in [7, 11) is -2.17. The van der Waals surface area contributed by atoms with Crippen LogP contribution in [0.25, 0.3) is 0 Å². The topological polar surface area (TPSA) is 146 Å². The number of hydrogen-bond donors (Lipinski definition) is 5. The molecule has 2 aliphatic heterocycles. The summed E-state index contributed by atoms with van der Waals surface area (Å²) in [6, 6.07) is 8.65.